The van der Waals surface area contributed by atoms with Crippen molar-refractivity contribution in [3.05, 3.63) is 117 Å². The standard InChI is InChI=1S/C32H12BF24.C11H24NO/c34-25(35,36)13-1-14(26(37,38)39)6-21(5-13)33(22-7-15(27(40,41)42)2-16(8-22)28(43,44)45,23-9-17(29(46,47)48)3-18(10-23)30(49,50)51)24-11-19(31(52,53)54)4-20(12-24)32(55,56)57;1-3-4-5-6-7-12(2)8-10-13-11-9-12/h1-12H;3-11H2,1-2H3/q-1;+1. The van der Waals surface area contributed by atoms with Crippen LogP contribution in [0.1, 0.15) is 77.1 Å². The Kier molecular flexibility index (Phi) is 16.5. The molecule has 0 aromatic heterocycles. The molecule has 0 bridgehead atoms. The first kappa shape index (κ1) is 57.8. The summed E-state index contributed by atoms with van der Waals surface area (Å²) < 4.78 is 347. The first-order chi connectivity index (χ1) is 31.5. The number of rotatable bonds is 9. The van der Waals surface area contributed by atoms with Crippen molar-refractivity contribution in [3.8, 4) is 0 Å². The molecule has 1 heterocycles. The maximum Gasteiger partial charge on any atom is 0.416 e. The zero-order chi connectivity index (χ0) is 53.5. The van der Waals surface area contributed by atoms with Crippen LogP contribution in [0.15, 0.2) is 72.8 Å². The number of alkyl halides is 24. The van der Waals surface area contributed by atoms with E-state index in [1.54, 1.807) is 0 Å². The van der Waals surface area contributed by atoms with Gasteiger partial charge in [-0.25, -0.2) is 0 Å². The molecule has 5 rings (SSSR count). The lowest BCUT2D eigenvalue weighted by Gasteiger charge is -2.46. The Morgan fingerprint density at radius 2 is 0.571 bits per heavy atom. The number of quaternary nitrogens is 1. The topological polar surface area (TPSA) is 9.23 Å². The van der Waals surface area contributed by atoms with E-state index >= 15 is 0 Å². The lowest BCUT2D eigenvalue weighted by molar-refractivity contribution is -0.917. The molecule has 1 aliphatic heterocycles. The maximum absolute atomic E-state index is 14.2. The maximum atomic E-state index is 14.2. The Morgan fingerprint density at radius 1 is 0.357 bits per heavy atom. The molecule has 4 aromatic rings. The molecule has 390 valence electrons. The average Bonchev–Trinajstić information content (AvgIpc) is 3.20. The highest BCUT2D eigenvalue weighted by Gasteiger charge is 2.47. The second-order valence-electron chi connectivity index (χ2n) is 16.7. The fraction of sp³-hybridized carbons (Fsp3) is 0.442. The summed E-state index contributed by atoms with van der Waals surface area (Å²) in [6.07, 6.45) is -49.3. The van der Waals surface area contributed by atoms with Crippen molar-refractivity contribution in [1.82, 2.24) is 0 Å². The number of halogens is 24. The number of benzene rings is 4. The Bertz CT molecular complexity index is 1990. The molecule has 0 N–H and O–H groups in total. The van der Waals surface area contributed by atoms with Gasteiger partial charge in [0, 0.05) is 0 Å². The third kappa shape index (κ3) is 14.0. The van der Waals surface area contributed by atoms with Crippen LogP contribution in [0, 0.1) is 0 Å². The number of morpholine rings is 1. The average molecular weight is 1050 g/mol. The van der Waals surface area contributed by atoms with Gasteiger partial charge in [-0.15, -0.1) is 0 Å². The van der Waals surface area contributed by atoms with Crippen molar-refractivity contribution in [2.24, 2.45) is 0 Å². The highest BCUT2D eigenvalue weighted by Crippen LogP contribution is 2.41. The van der Waals surface area contributed by atoms with Crippen LogP contribution in [-0.4, -0.2) is 50.5 Å². The summed E-state index contributed by atoms with van der Waals surface area (Å²) in [4.78, 5) is 0. The fourth-order valence-corrected chi connectivity index (χ4v) is 8.00. The van der Waals surface area contributed by atoms with Gasteiger partial charge < -0.3 is 9.22 Å². The van der Waals surface area contributed by atoms with Crippen molar-refractivity contribution in [3.63, 3.8) is 0 Å². The van der Waals surface area contributed by atoms with Gasteiger partial charge in [0.2, 0.25) is 0 Å². The van der Waals surface area contributed by atoms with Gasteiger partial charge in [-0.3, -0.25) is 0 Å². The minimum atomic E-state index is -6.13. The van der Waals surface area contributed by atoms with E-state index in [2.05, 4.69) is 14.0 Å². The van der Waals surface area contributed by atoms with Gasteiger partial charge in [-0.1, -0.05) is 68.3 Å². The Balaban J connectivity index is 0.000000707. The Labute approximate surface area is 381 Å². The van der Waals surface area contributed by atoms with Gasteiger partial charge in [-0.05, 0) is 37.1 Å². The molecular weight excluding hydrogens is 1010 g/mol. The zero-order valence-corrected chi connectivity index (χ0v) is 35.8. The van der Waals surface area contributed by atoms with E-state index < -0.39 is 195 Å². The van der Waals surface area contributed by atoms with Crippen LogP contribution in [-0.2, 0) is 54.1 Å². The first-order valence-corrected chi connectivity index (χ1v) is 20.3. The molecule has 70 heavy (non-hydrogen) atoms. The molecule has 0 unspecified atom stereocenters. The summed E-state index contributed by atoms with van der Waals surface area (Å²) in [6, 6.07) is -8.81. The molecule has 2 nitrogen and oxygen atoms in total. The molecule has 1 saturated heterocycles. The number of hydrogen-bond donors (Lipinski definition) is 0. The van der Waals surface area contributed by atoms with E-state index in [9.17, 15) is 105 Å². The van der Waals surface area contributed by atoms with E-state index in [-0.39, 0.29) is 0 Å². The van der Waals surface area contributed by atoms with Gasteiger partial charge in [0.15, 0.2) is 0 Å². The quantitative estimate of drug-likeness (QED) is 0.0703. The highest BCUT2D eigenvalue weighted by atomic mass is 19.4. The Hall–Kier alpha value is -4.82. The summed E-state index contributed by atoms with van der Waals surface area (Å²) in [5.74, 6) is 0. The number of likely N-dealkylation sites (N-methyl/N-ethyl adjacent to an activating group) is 1. The van der Waals surface area contributed by atoms with Crippen LogP contribution in [0.4, 0.5) is 105 Å². The number of unbranched alkanes of at least 4 members (excludes halogenated alkanes) is 3. The smallest absolute Gasteiger partial charge is 0.370 e. The van der Waals surface area contributed by atoms with Gasteiger partial charge in [0.1, 0.15) is 19.2 Å². The molecular formula is C43H36BF24NO. The largest absolute Gasteiger partial charge is 0.416 e. The second kappa shape index (κ2) is 20.0. The van der Waals surface area contributed by atoms with Gasteiger partial charge in [-0.2, -0.15) is 127 Å². The zero-order valence-electron chi connectivity index (χ0n) is 35.8. The van der Waals surface area contributed by atoms with Crippen molar-refractivity contribution >= 4 is 28.0 Å². The molecule has 1 aliphatic rings. The molecule has 0 amide bonds. The molecule has 0 atom stereocenters. The van der Waals surface area contributed by atoms with E-state index in [1.807, 2.05) is 0 Å². The number of ether oxygens (including phenoxy) is 1. The van der Waals surface area contributed by atoms with Crippen LogP contribution in [0.3, 0.4) is 0 Å². The third-order valence-electron chi connectivity index (χ3n) is 11.5. The van der Waals surface area contributed by atoms with E-state index in [1.165, 1.54) is 49.8 Å². The van der Waals surface area contributed by atoms with Gasteiger partial charge in [0.05, 0.1) is 71.3 Å². The number of nitrogens with zero attached hydrogens (tertiary/aromatic N) is 1. The summed E-state index contributed by atoms with van der Waals surface area (Å²) in [5.41, 5.74) is -30.2. The predicted octanol–water partition coefficient (Wildman–Crippen LogP) is 13.3. The SMILES string of the molecule is CCCCCC[N+]1(C)CCOCC1.FC(F)(F)c1cc([B-](c2cc(C(F)(F)F)cc(C(F)(F)F)c2)(c2cc(C(F)(F)F)cc(C(F)(F)F)c2)c2cc(C(F)(F)F)cc(C(F)(F)F)c2)cc(C(F)(F)F)c1. The normalized spacial score (nSPS) is 15.7. The summed E-state index contributed by atoms with van der Waals surface area (Å²) in [5, 5.41) is 0. The summed E-state index contributed by atoms with van der Waals surface area (Å²) >= 11 is 0. The molecule has 0 radical (unpaired) electrons. The first-order valence-electron chi connectivity index (χ1n) is 20.3. The lowest BCUT2D eigenvalue weighted by atomic mass is 9.12. The molecule has 4 aromatic carbocycles. The van der Waals surface area contributed by atoms with Crippen molar-refractivity contribution < 1.29 is 115 Å². The second-order valence-corrected chi connectivity index (χ2v) is 16.7. The van der Waals surface area contributed by atoms with Gasteiger partial charge in [0.25, 0.3) is 0 Å². The van der Waals surface area contributed by atoms with Crippen LogP contribution in [0.5, 0.6) is 0 Å². The van der Waals surface area contributed by atoms with Crippen LogP contribution in [0.25, 0.3) is 0 Å². The van der Waals surface area contributed by atoms with Crippen LogP contribution < -0.4 is 21.9 Å². The number of hydrogen-bond acceptors (Lipinski definition) is 1. The van der Waals surface area contributed by atoms with Gasteiger partial charge >= 0.3 is 49.4 Å². The third-order valence-corrected chi connectivity index (χ3v) is 11.5. The minimum Gasteiger partial charge on any atom is -0.370 e. The van der Waals surface area contributed by atoms with Crippen LogP contribution >= 0.6 is 0 Å². The van der Waals surface area contributed by atoms with E-state index in [4.69, 9.17) is 4.74 Å². The monoisotopic (exact) mass is 1050 g/mol. The molecule has 0 saturated carbocycles. The highest BCUT2D eigenvalue weighted by molar-refractivity contribution is 7.20. The summed E-state index contributed by atoms with van der Waals surface area (Å²) in [6.45, 7) is 7.97. The fourth-order valence-electron chi connectivity index (χ4n) is 8.00. The molecule has 27 heteroatoms. The summed E-state index contributed by atoms with van der Waals surface area (Å²) in [7, 11) is 2.37. The lowest BCUT2D eigenvalue weighted by Crippen LogP contribution is -2.75. The Morgan fingerprint density at radius 3 is 0.757 bits per heavy atom. The molecule has 0 aliphatic carbocycles. The van der Waals surface area contributed by atoms with E-state index in [0.29, 0.717) is 0 Å². The predicted molar refractivity (Wildman–Crippen MR) is 206 cm³/mol. The van der Waals surface area contributed by atoms with Crippen molar-refractivity contribution in [2.75, 3.05) is 39.9 Å². The van der Waals surface area contributed by atoms with Crippen molar-refractivity contribution in [2.45, 2.75) is 82.0 Å². The van der Waals surface area contributed by atoms with Crippen LogP contribution in [0.2, 0.25) is 0 Å². The minimum absolute atomic E-state index is 0.691. The van der Waals surface area contributed by atoms with E-state index in [0.717, 1.165) is 13.2 Å². The molecule has 1 fully saturated rings. The molecule has 0 spiro atoms. The van der Waals surface area contributed by atoms with Crippen molar-refractivity contribution in [1.29, 1.82) is 0 Å².